The molecule has 20 heteroatoms. The number of aldehydes is 1. The Hall–Kier alpha value is -6.06. The lowest BCUT2D eigenvalue weighted by Crippen LogP contribution is -2.58. The summed E-state index contributed by atoms with van der Waals surface area (Å²) in [5.41, 5.74) is 2.39. The number of carbonyl (C=O) groups excluding carboxylic acids is 4. The van der Waals surface area contributed by atoms with Crippen molar-refractivity contribution in [3.05, 3.63) is 101 Å². The fourth-order valence-corrected chi connectivity index (χ4v) is 10.4. The Bertz CT molecular complexity index is 2330. The van der Waals surface area contributed by atoms with Gasteiger partial charge in [0, 0.05) is 62.0 Å². The number of morpholine rings is 1. The van der Waals surface area contributed by atoms with Crippen LogP contribution < -0.4 is 30.9 Å². The van der Waals surface area contributed by atoms with Crippen molar-refractivity contribution in [1.29, 1.82) is 0 Å². The number of likely N-dealkylation sites (tertiary alicyclic amines) is 1. The van der Waals surface area contributed by atoms with Crippen LogP contribution in [-0.4, -0.2) is 149 Å². The molecule has 4 amide bonds. The van der Waals surface area contributed by atoms with Crippen LogP contribution in [0.15, 0.2) is 78.2 Å². The van der Waals surface area contributed by atoms with E-state index in [4.69, 9.17) is 24.1 Å². The first-order valence-electron chi connectivity index (χ1n) is 24.8. The molecule has 7 rings (SSSR count). The van der Waals surface area contributed by atoms with Crippen LogP contribution in [0, 0.1) is 23.5 Å². The molecule has 0 spiro atoms. The van der Waals surface area contributed by atoms with Gasteiger partial charge in [-0.1, -0.05) is 79.9 Å². The fraction of sp³-hybridized carbons (Fsp3) is 0.500. The summed E-state index contributed by atoms with van der Waals surface area (Å²) in [4.78, 5) is 74.9. The molecule has 4 atom stereocenters. The van der Waals surface area contributed by atoms with Crippen molar-refractivity contribution in [1.82, 2.24) is 31.2 Å². The highest BCUT2D eigenvalue weighted by molar-refractivity contribution is 7.14. The Morgan fingerprint density at radius 1 is 0.819 bits per heavy atom. The summed E-state index contributed by atoms with van der Waals surface area (Å²) >= 11 is 1.41. The monoisotopic (exact) mass is 1020 g/mol. The molecule has 3 aromatic carbocycles. The maximum absolute atomic E-state index is 15.0. The standard InChI is InChI=1S/C52H65F2N7O10S/c53-40-19-18-39(41-34-72-51(58-41)60-22-25-69-26-23-60)47(44(40)54)71-30-29-70-28-27-68-24-20-55-49(64)46(43(36-11-4-1-5-12-36)37-13-6-2-7-14-37)59-48(63)42-17-10-21-61(42)50(65)45(38-15-8-3-9-16-38)56-31-35(33-62)32-57-52(66)67/h1-2,4-7,11-14,18-19,33-35,38,42-43,45-46,56-57H,3,8-10,15-17,20-32H2,(H,55,64)(H,59,63)(H,66,67)/t35?,42-,45-,46-/m0/s1. The van der Waals surface area contributed by atoms with Crippen LogP contribution in [0.4, 0.5) is 18.7 Å². The topological polar surface area (TPSA) is 210 Å². The molecule has 1 aromatic heterocycles. The third-order valence-electron chi connectivity index (χ3n) is 13.3. The first-order chi connectivity index (χ1) is 35.1. The van der Waals surface area contributed by atoms with Gasteiger partial charge in [-0.05, 0) is 54.9 Å². The van der Waals surface area contributed by atoms with E-state index < -0.39 is 59.5 Å². The van der Waals surface area contributed by atoms with Gasteiger partial charge >= 0.3 is 6.09 Å². The third-order valence-corrected chi connectivity index (χ3v) is 14.2. The van der Waals surface area contributed by atoms with Crippen LogP contribution in [0.5, 0.6) is 5.75 Å². The molecule has 17 nitrogen and oxygen atoms in total. The van der Waals surface area contributed by atoms with Crippen LogP contribution >= 0.6 is 11.3 Å². The summed E-state index contributed by atoms with van der Waals surface area (Å²) in [7, 11) is 0. The van der Waals surface area contributed by atoms with Crippen molar-refractivity contribution in [2.24, 2.45) is 11.8 Å². The van der Waals surface area contributed by atoms with Crippen molar-refractivity contribution in [3.8, 4) is 17.0 Å². The van der Waals surface area contributed by atoms with Gasteiger partial charge in [-0.25, -0.2) is 14.2 Å². The van der Waals surface area contributed by atoms with E-state index in [0.29, 0.717) is 63.2 Å². The first kappa shape index (κ1) is 53.7. The maximum atomic E-state index is 15.0. The molecular formula is C52H65F2N7O10S. The molecule has 0 radical (unpaired) electrons. The van der Waals surface area contributed by atoms with Gasteiger partial charge in [0.05, 0.1) is 51.4 Å². The summed E-state index contributed by atoms with van der Waals surface area (Å²) in [6.07, 6.45) is 4.91. The zero-order valence-corrected chi connectivity index (χ0v) is 41.1. The minimum atomic E-state index is -1.25. The lowest BCUT2D eigenvalue weighted by atomic mass is 9.83. The average Bonchev–Trinajstić information content (AvgIpc) is 4.12. The first-order valence-corrected chi connectivity index (χ1v) is 25.7. The van der Waals surface area contributed by atoms with Gasteiger partial charge in [0.2, 0.25) is 23.5 Å². The van der Waals surface area contributed by atoms with E-state index in [-0.39, 0.29) is 70.2 Å². The molecule has 2 saturated heterocycles. The Kier molecular flexibility index (Phi) is 20.7. The van der Waals surface area contributed by atoms with Gasteiger partial charge in [-0.3, -0.25) is 14.4 Å². The van der Waals surface area contributed by atoms with Crippen molar-refractivity contribution >= 4 is 46.6 Å². The number of hydrogen-bond acceptors (Lipinski definition) is 13. The lowest BCUT2D eigenvalue weighted by molar-refractivity contribution is -0.142. The van der Waals surface area contributed by atoms with Gasteiger partial charge < -0.3 is 59.9 Å². The van der Waals surface area contributed by atoms with Crippen LogP contribution in [0.3, 0.4) is 0 Å². The minimum absolute atomic E-state index is 0.0338. The van der Waals surface area contributed by atoms with Gasteiger partial charge in [-0.2, -0.15) is 4.39 Å². The zero-order valence-electron chi connectivity index (χ0n) is 40.3. The Morgan fingerprint density at radius 2 is 1.50 bits per heavy atom. The molecule has 4 aromatic rings. The Labute approximate surface area is 422 Å². The molecule has 1 saturated carbocycles. The number of carbonyl (C=O) groups is 5. The van der Waals surface area contributed by atoms with Crippen LogP contribution in [-0.2, 0) is 33.4 Å². The molecule has 5 N–H and O–H groups in total. The number of nitrogens with zero attached hydrogens (tertiary/aromatic N) is 3. The maximum Gasteiger partial charge on any atom is 0.404 e. The highest BCUT2D eigenvalue weighted by atomic mass is 32.1. The van der Waals surface area contributed by atoms with E-state index in [1.165, 1.54) is 17.4 Å². The van der Waals surface area contributed by atoms with Gasteiger partial charge in [0.25, 0.3) is 0 Å². The molecule has 388 valence electrons. The second-order valence-electron chi connectivity index (χ2n) is 18.1. The minimum Gasteiger partial charge on any atom is -0.487 e. The normalized spacial score (nSPS) is 17.5. The second kappa shape index (κ2) is 27.7. The molecule has 1 unspecified atom stereocenters. The Balaban J connectivity index is 0.943. The molecule has 0 bridgehead atoms. The number of halogens is 2. The molecule has 3 aliphatic rings. The highest BCUT2D eigenvalue weighted by Crippen LogP contribution is 2.37. The van der Waals surface area contributed by atoms with Crippen molar-refractivity contribution < 1.29 is 56.8 Å². The second-order valence-corrected chi connectivity index (χ2v) is 18.9. The summed E-state index contributed by atoms with van der Waals surface area (Å²) in [5, 5.41) is 23.2. The van der Waals surface area contributed by atoms with E-state index in [9.17, 15) is 28.4 Å². The average molecular weight is 1020 g/mol. The number of ether oxygens (including phenoxy) is 4. The van der Waals surface area contributed by atoms with E-state index in [0.717, 1.165) is 54.4 Å². The zero-order chi connectivity index (χ0) is 50.7. The number of benzene rings is 3. The molecule has 3 fully saturated rings. The lowest BCUT2D eigenvalue weighted by Gasteiger charge is -2.36. The van der Waals surface area contributed by atoms with Gasteiger partial charge in [0.15, 0.2) is 16.7 Å². The van der Waals surface area contributed by atoms with E-state index >= 15 is 4.39 Å². The molecule has 72 heavy (non-hydrogen) atoms. The number of hydrogen-bond donors (Lipinski definition) is 5. The van der Waals surface area contributed by atoms with E-state index in [1.54, 1.807) is 10.3 Å². The van der Waals surface area contributed by atoms with Crippen LogP contribution in [0.25, 0.3) is 11.3 Å². The third kappa shape index (κ3) is 14.8. The van der Waals surface area contributed by atoms with Gasteiger partial charge in [-0.15, -0.1) is 11.3 Å². The number of amides is 4. The van der Waals surface area contributed by atoms with Crippen LogP contribution in [0.2, 0.25) is 0 Å². The summed E-state index contributed by atoms with van der Waals surface area (Å²) < 4.78 is 51.9. The quantitative estimate of drug-likeness (QED) is 0.0396. The predicted octanol–water partition coefficient (Wildman–Crippen LogP) is 5.38. The molecule has 2 aliphatic heterocycles. The summed E-state index contributed by atoms with van der Waals surface area (Å²) in [6.45, 7) is 3.38. The number of nitrogens with one attached hydrogen (secondary N) is 4. The smallest absolute Gasteiger partial charge is 0.404 e. The van der Waals surface area contributed by atoms with Crippen molar-refractivity contribution in [3.63, 3.8) is 0 Å². The number of rotatable bonds is 26. The summed E-state index contributed by atoms with van der Waals surface area (Å²) in [5.74, 6) is -4.92. The van der Waals surface area contributed by atoms with E-state index in [1.807, 2.05) is 60.7 Å². The van der Waals surface area contributed by atoms with Crippen molar-refractivity contribution in [2.75, 3.05) is 90.4 Å². The molecular weight excluding hydrogens is 953 g/mol. The highest BCUT2D eigenvalue weighted by Gasteiger charge is 2.42. The largest absolute Gasteiger partial charge is 0.487 e. The van der Waals surface area contributed by atoms with Gasteiger partial charge in [0.1, 0.15) is 25.0 Å². The molecule has 1 aliphatic carbocycles. The van der Waals surface area contributed by atoms with E-state index in [2.05, 4.69) is 31.2 Å². The number of carboxylic acid groups (broad SMARTS) is 1. The SMILES string of the molecule is O=CC(CNC(=O)O)CN[C@H](C(=O)N1CCC[C@H]1C(=O)N[C@H](C(=O)NCCOCCOCCOc1c(-c2csc(N3CCOCC3)n2)ccc(F)c1F)C(c1ccccc1)c1ccccc1)C1CCCCC1. The Morgan fingerprint density at radius 3 is 2.18 bits per heavy atom. The predicted molar refractivity (Wildman–Crippen MR) is 266 cm³/mol. The summed E-state index contributed by atoms with van der Waals surface area (Å²) in [6, 6.07) is 18.7. The number of anilines is 1. The number of aromatic nitrogens is 1. The fourth-order valence-electron chi connectivity index (χ4n) is 9.56. The van der Waals surface area contributed by atoms with Crippen LogP contribution in [0.1, 0.15) is 62.0 Å². The molecule has 3 heterocycles. The van der Waals surface area contributed by atoms with Crippen molar-refractivity contribution in [2.45, 2.75) is 69.0 Å². The number of thiazole rings is 1.